The van der Waals surface area contributed by atoms with Crippen molar-refractivity contribution < 1.29 is 4.79 Å². The average Bonchev–Trinajstić information content (AvgIpc) is 2.49. The first-order valence-corrected chi connectivity index (χ1v) is 7.14. The third-order valence-corrected chi connectivity index (χ3v) is 3.60. The maximum absolute atomic E-state index is 12.1. The van der Waals surface area contributed by atoms with Gasteiger partial charge in [0, 0.05) is 26.2 Å². The molecule has 2 heterocycles. The summed E-state index contributed by atoms with van der Waals surface area (Å²) in [6.07, 6.45) is 3.71. The van der Waals surface area contributed by atoms with Gasteiger partial charge in [-0.3, -0.25) is 4.79 Å². The third-order valence-electron chi connectivity index (χ3n) is 3.60. The van der Waals surface area contributed by atoms with E-state index in [2.05, 4.69) is 15.1 Å². The quantitative estimate of drug-likeness (QED) is 0.832. The Balaban J connectivity index is 2.07. The number of carbonyl (C=O) groups excluding carboxylic acids is 1. The molecular weight excluding hydrogens is 240 g/mol. The van der Waals surface area contributed by atoms with Crippen LogP contribution in [0.25, 0.3) is 0 Å². The normalized spacial score (nSPS) is 15.4. The van der Waals surface area contributed by atoms with Crippen LogP contribution >= 0.6 is 0 Å². The number of carbonyl (C=O) groups is 1. The first-order valence-electron chi connectivity index (χ1n) is 7.14. The van der Waals surface area contributed by atoms with Gasteiger partial charge in [0.2, 0.25) is 0 Å². The van der Waals surface area contributed by atoms with Crippen LogP contribution in [-0.2, 0) is 0 Å². The number of amides is 1. The van der Waals surface area contributed by atoms with Gasteiger partial charge in [0.25, 0.3) is 5.91 Å². The summed E-state index contributed by atoms with van der Waals surface area (Å²) in [6, 6.07) is 3.70. The molecule has 0 bridgehead atoms. The number of piperidine rings is 1. The van der Waals surface area contributed by atoms with E-state index in [-0.39, 0.29) is 5.91 Å². The number of aromatic nitrogens is 2. The minimum atomic E-state index is -0.0392. The minimum absolute atomic E-state index is 0.0392. The van der Waals surface area contributed by atoms with Gasteiger partial charge in [0.15, 0.2) is 11.5 Å². The molecule has 0 spiro atoms. The molecular formula is C14H22N4O. The fraction of sp³-hybridized carbons (Fsp3) is 0.643. The molecule has 0 aromatic carbocycles. The largest absolute Gasteiger partial charge is 0.355 e. The maximum Gasteiger partial charge on any atom is 0.274 e. The lowest BCUT2D eigenvalue weighted by Crippen LogP contribution is -2.32. The summed E-state index contributed by atoms with van der Waals surface area (Å²) in [7, 11) is 0. The highest BCUT2D eigenvalue weighted by atomic mass is 16.2. The van der Waals surface area contributed by atoms with Crippen molar-refractivity contribution in [2.75, 3.05) is 31.1 Å². The summed E-state index contributed by atoms with van der Waals surface area (Å²) in [5.74, 6) is 0.846. The standard InChI is InChI=1S/C14H22N4O/c1-3-17(4-2)14(19)12-8-9-13(16-15-12)18-10-6-5-7-11-18/h8-9H,3-7,10-11H2,1-2H3. The van der Waals surface area contributed by atoms with Crippen LogP contribution in [0.3, 0.4) is 0 Å². The van der Waals surface area contributed by atoms with Crippen molar-refractivity contribution in [1.29, 1.82) is 0 Å². The van der Waals surface area contributed by atoms with Crippen LogP contribution in [0.2, 0.25) is 0 Å². The monoisotopic (exact) mass is 262 g/mol. The number of rotatable bonds is 4. The van der Waals surface area contributed by atoms with Gasteiger partial charge >= 0.3 is 0 Å². The molecule has 5 heteroatoms. The molecule has 0 radical (unpaired) electrons. The molecule has 5 nitrogen and oxygen atoms in total. The van der Waals surface area contributed by atoms with Gasteiger partial charge < -0.3 is 9.80 Å². The topological polar surface area (TPSA) is 49.3 Å². The van der Waals surface area contributed by atoms with E-state index in [9.17, 15) is 4.79 Å². The Labute approximate surface area is 114 Å². The molecule has 1 aliphatic heterocycles. The Morgan fingerprint density at radius 2 is 1.84 bits per heavy atom. The first kappa shape index (κ1) is 13.8. The minimum Gasteiger partial charge on any atom is -0.355 e. The average molecular weight is 262 g/mol. The summed E-state index contributed by atoms with van der Waals surface area (Å²) < 4.78 is 0. The second-order valence-corrected chi connectivity index (χ2v) is 4.80. The maximum atomic E-state index is 12.1. The summed E-state index contributed by atoms with van der Waals surface area (Å²) in [5.41, 5.74) is 0.435. The van der Waals surface area contributed by atoms with Crippen molar-refractivity contribution in [3.8, 4) is 0 Å². The fourth-order valence-corrected chi connectivity index (χ4v) is 2.40. The second-order valence-electron chi connectivity index (χ2n) is 4.80. The number of nitrogens with zero attached hydrogens (tertiary/aromatic N) is 4. The molecule has 1 fully saturated rings. The lowest BCUT2D eigenvalue weighted by atomic mass is 10.1. The summed E-state index contributed by atoms with van der Waals surface area (Å²) in [6.45, 7) is 7.42. The number of anilines is 1. The Kier molecular flexibility index (Phi) is 4.71. The Morgan fingerprint density at radius 3 is 2.37 bits per heavy atom. The van der Waals surface area contributed by atoms with Crippen LogP contribution in [0.4, 0.5) is 5.82 Å². The van der Waals surface area contributed by atoms with Crippen LogP contribution in [0, 0.1) is 0 Å². The lowest BCUT2D eigenvalue weighted by molar-refractivity contribution is 0.0766. The zero-order valence-electron chi connectivity index (χ0n) is 11.8. The van der Waals surface area contributed by atoms with Crippen LogP contribution in [0.5, 0.6) is 0 Å². The third kappa shape index (κ3) is 3.22. The van der Waals surface area contributed by atoms with E-state index in [0.29, 0.717) is 18.8 Å². The van der Waals surface area contributed by atoms with Crippen molar-refractivity contribution in [3.05, 3.63) is 17.8 Å². The van der Waals surface area contributed by atoms with Crippen LogP contribution in [0.15, 0.2) is 12.1 Å². The summed E-state index contributed by atoms with van der Waals surface area (Å²) in [5, 5.41) is 8.29. The van der Waals surface area contributed by atoms with E-state index in [1.54, 1.807) is 11.0 Å². The molecule has 2 rings (SSSR count). The molecule has 1 aromatic heterocycles. The molecule has 0 N–H and O–H groups in total. The van der Waals surface area contributed by atoms with E-state index in [1.165, 1.54) is 19.3 Å². The Bertz CT molecular complexity index is 408. The Hall–Kier alpha value is -1.65. The predicted molar refractivity (Wildman–Crippen MR) is 75.3 cm³/mol. The van der Waals surface area contributed by atoms with Gasteiger partial charge in [0.1, 0.15) is 0 Å². The molecule has 1 saturated heterocycles. The van der Waals surface area contributed by atoms with Gasteiger partial charge in [-0.25, -0.2) is 0 Å². The molecule has 1 aliphatic rings. The number of hydrogen-bond donors (Lipinski definition) is 0. The fourth-order valence-electron chi connectivity index (χ4n) is 2.40. The Morgan fingerprint density at radius 1 is 1.16 bits per heavy atom. The molecule has 1 amide bonds. The molecule has 0 atom stereocenters. The summed E-state index contributed by atoms with van der Waals surface area (Å²) in [4.78, 5) is 16.1. The van der Waals surface area contributed by atoms with Gasteiger partial charge in [0.05, 0.1) is 0 Å². The molecule has 0 unspecified atom stereocenters. The zero-order chi connectivity index (χ0) is 13.7. The molecule has 104 valence electrons. The van der Waals surface area contributed by atoms with Crippen molar-refractivity contribution >= 4 is 11.7 Å². The van der Waals surface area contributed by atoms with Crippen molar-refractivity contribution in [3.63, 3.8) is 0 Å². The predicted octanol–water partition coefficient (Wildman–Crippen LogP) is 1.95. The van der Waals surface area contributed by atoms with E-state index in [1.807, 2.05) is 19.9 Å². The summed E-state index contributed by atoms with van der Waals surface area (Å²) >= 11 is 0. The second kappa shape index (κ2) is 6.50. The first-order chi connectivity index (χ1) is 9.26. The van der Waals surface area contributed by atoms with Gasteiger partial charge in [-0.1, -0.05) is 0 Å². The molecule has 1 aromatic rings. The highest BCUT2D eigenvalue weighted by molar-refractivity contribution is 5.92. The molecule has 19 heavy (non-hydrogen) atoms. The highest BCUT2D eigenvalue weighted by Crippen LogP contribution is 2.16. The van der Waals surface area contributed by atoms with Crippen LogP contribution in [0.1, 0.15) is 43.6 Å². The van der Waals surface area contributed by atoms with E-state index >= 15 is 0 Å². The van der Waals surface area contributed by atoms with Gasteiger partial charge in [-0.2, -0.15) is 0 Å². The van der Waals surface area contributed by atoms with Gasteiger partial charge in [-0.15, -0.1) is 10.2 Å². The molecule has 0 aliphatic carbocycles. The molecule has 0 saturated carbocycles. The van der Waals surface area contributed by atoms with Crippen LogP contribution in [-0.4, -0.2) is 47.2 Å². The van der Waals surface area contributed by atoms with E-state index in [4.69, 9.17) is 0 Å². The van der Waals surface area contributed by atoms with Gasteiger partial charge in [-0.05, 0) is 45.2 Å². The zero-order valence-corrected chi connectivity index (χ0v) is 11.8. The van der Waals surface area contributed by atoms with Crippen molar-refractivity contribution in [2.24, 2.45) is 0 Å². The highest BCUT2D eigenvalue weighted by Gasteiger charge is 2.16. The SMILES string of the molecule is CCN(CC)C(=O)c1ccc(N2CCCCC2)nn1. The number of hydrogen-bond acceptors (Lipinski definition) is 4. The van der Waals surface area contributed by atoms with E-state index in [0.717, 1.165) is 18.9 Å². The van der Waals surface area contributed by atoms with Crippen LogP contribution < -0.4 is 4.90 Å². The van der Waals surface area contributed by atoms with Crippen molar-refractivity contribution in [1.82, 2.24) is 15.1 Å². The smallest absolute Gasteiger partial charge is 0.274 e. The van der Waals surface area contributed by atoms with Crippen molar-refractivity contribution in [2.45, 2.75) is 33.1 Å². The van der Waals surface area contributed by atoms with E-state index < -0.39 is 0 Å². The lowest BCUT2D eigenvalue weighted by Gasteiger charge is -2.27.